The van der Waals surface area contributed by atoms with E-state index in [0.717, 1.165) is 46.7 Å². The molecule has 0 aliphatic heterocycles. The van der Waals surface area contributed by atoms with Crippen molar-refractivity contribution in [2.75, 3.05) is 39.3 Å². The smallest absolute Gasteiger partial charge is 0.252 e. The molecule has 0 unspecified atom stereocenters. The number of carbonyl (C=O) groups is 1. The third-order valence-corrected chi connectivity index (χ3v) is 4.60. The van der Waals surface area contributed by atoms with E-state index >= 15 is 0 Å². The van der Waals surface area contributed by atoms with Crippen molar-refractivity contribution in [1.29, 1.82) is 0 Å². The zero-order valence-electron chi connectivity index (χ0n) is 14.9. The molecular weight excluding hydrogens is 324 g/mol. The molecule has 5 heteroatoms. The van der Waals surface area contributed by atoms with Gasteiger partial charge in [0.15, 0.2) is 0 Å². The lowest BCUT2D eigenvalue weighted by molar-refractivity contribution is 0.0952. The molecule has 0 saturated carbocycles. The molecule has 0 saturated heterocycles. The molecule has 0 spiro atoms. The Hall–Kier alpha value is -2.47. The second-order valence-electron chi connectivity index (χ2n) is 6.37. The van der Waals surface area contributed by atoms with Gasteiger partial charge in [0.05, 0.1) is 5.56 Å². The van der Waals surface area contributed by atoms with Crippen LogP contribution in [0, 0.1) is 0 Å². The molecule has 0 fully saturated rings. The fourth-order valence-electron chi connectivity index (χ4n) is 3.37. The van der Waals surface area contributed by atoms with E-state index in [-0.39, 0.29) is 5.91 Å². The predicted octanol–water partition coefficient (Wildman–Crippen LogP) is 1.94. The molecule has 0 aliphatic carbocycles. The van der Waals surface area contributed by atoms with E-state index in [4.69, 9.17) is 11.5 Å². The van der Waals surface area contributed by atoms with E-state index in [1.165, 1.54) is 0 Å². The third kappa shape index (κ3) is 4.02. The normalized spacial score (nSPS) is 11.3. The third-order valence-electron chi connectivity index (χ3n) is 4.60. The highest BCUT2D eigenvalue weighted by atomic mass is 16.1. The molecule has 0 aromatic heterocycles. The minimum Gasteiger partial charge on any atom is -0.351 e. The first-order chi connectivity index (χ1) is 12.7. The van der Waals surface area contributed by atoms with Gasteiger partial charge in [-0.05, 0) is 27.6 Å². The molecular formula is C21H26N4O. The van der Waals surface area contributed by atoms with E-state index < -0.39 is 0 Å². The Morgan fingerprint density at radius 1 is 0.846 bits per heavy atom. The highest BCUT2D eigenvalue weighted by Gasteiger charge is 2.14. The van der Waals surface area contributed by atoms with Gasteiger partial charge in [-0.3, -0.25) is 9.69 Å². The highest BCUT2D eigenvalue weighted by molar-refractivity contribution is 6.18. The number of rotatable bonds is 8. The summed E-state index contributed by atoms with van der Waals surface area (Å²) in [5.74, 6) is -0.0431. The van der Waals surface area contributed by atoms with Gasteiger partial charge in [-0.25, -0.2) is 0 Å². The second-order valence-corrected chi connectivity index (χ2v) is 6.37. The van der Waals surface area contributed by atoms with Crippen LogP contribution in [0.1, 0.15) is 10.4 Å². The first kappa shape index (κ1) is 18.3. The van der Waals surface area contributed by atoms with Crippen LogP contribution in [0.3, 0.4) is 0 Å². The van der Waals surface area contributed by atoms with E-state index in [9.17, 15) is 4.79 Å². The Balaban J connectivity index is 1.85. The van der Waals surface area contributed by atoms with Crippen molar-refractivity contribution in [3.8, 4) is 0 Å². The van der Waals surface area contributed by atoms with Crippen molar-refractivity contribution < 1.29 is 4.79 Å². The molecule has 0 heterocycles. The minimum atomic E-state index is -0.0431. The van der Waals surface area contributed by atoms with Gasteiger partial charge >= 0.3 is 0 Å². The zero-order chi connectivity index (χ0) is 18.4. The van der Waals surface area contributed by atoms with Crippen LogP contribution >= 0.6 is 0 Å². The maximum absolute atomic E-state index is 13.0. The van der Waals surface area contributed by atoms with Gasteiger partial charge in [0.1, 0.15) is 0 Å². The summed E-state index contributed by atoms with van der Waals surface area (Å²) in [6.07, 6.45) is 0. The number of nitrogens with zero attached hydrogens (tertiary/aromatic N) is 1. The number of hydrogen-bond acceptors (Lipinski definition) is 4. The molecule has 1 amide bonds. The first-order valence-electron chi connectivity index (χ1n) is 9.05. The van der Waals surface area contributed by atoms with Gasteiger partial charge in [-0.15, -0.1) is 0 Å². The number of nitrogens with two attached hydrogens (primary N) is 2. The SMILES string of the molecule is NCCN(CCN)CCNC(=O)c1c2ccccc2cc2ccccc12. The number of amides is 1. The quantitative estimate of drug-likeness (QED) is 0.542. The number of benzene rings is 3. The van der Waals surface area contributed by atoms with Crippen molar-refractivity contribution in [3.63, 3.8) is 0 Å². The maximum atomic E-state index is 13.0. The molecule has 0 atom stereocenters. The molecule has 3 aromatic carbocycles. The average molecular weight is 350 g/mol. The van der Waals surface area contributed by atoms with Gasteiger partial charge < -0.3 is 16.8 Å². The number of carbonyl (C=O) groups excluding carboxylic acids is 1. The van der Waals surface area contributed by atoms with Crippen LogP contribution in [0.4, 0.5) is 0 Å². The minimum absolute atomic E-state index is 0.0431. The summed E-state index contributed by atoms with van der Waals surface area (Å²) in [5.41, 5.74) is 12.0. The lowest BCUT2D eigenvalue weighted by atomic mass is 9.96. The lowest BCUT2D eigenvalue weighted by Gasteiger charge is -2.21. The van der Waals surface area contributed by atoms with Gasteiger partial charge in [0.25, 0.3) is 5.91 Å². The van der Waals surface area contributed by atoms with Crippen LogP contribution in [0.25, 0.3) is 21.5 Å². The summed E-state index contributed by atoms with van der Waals surface area (Å²) in [6, 6.07) is 18.2. The van der Waals surface area contributed by atoms with E-state index in [2.05, 4.69) is 16.3 Å². The summed E-state index contributed by atoms with van der Waals surface area (Å²) >= 11 is 0. The highest BCUT2D eigenvalue weighted by Crippen LogP contribution is 2.28. The topological polar surface area (TPSA) is 84.4 Å². The van der Waals surface area contributed by atoms with Gasteiger partial charge in [-0.1, -0.05) is 48.5 Å². The Bertz CT molecular complexity index is 833. The Kier molecular flexibility index (Phi) is 6.17. The first-order valence-corrected chi connectivity index (χ1v) is 9.05. The molecule has 3 aromatic rings. The summed E-state index contributed by atoms with van der Waals surface area (Å²) in [5, 5.41) is 7.17. The van der Waals surface area contributed by atoms with Crippen LogP contribution in [-0.4, -0.2) is 50.1 Å². The lowest BCUT2D eigenvalue weighted by Crippen LogP contribution is -2.39. The largest absolute Gasteiger partial charge is 0.351 e. The Labute approximate surface area is 154 Å². The van der Waals surface area contributed by atoms with Crippen LogP contribution in [0.2, 0.25) is 0 Å². The van der Waals surface area contributed by atoms with Crippen molar-refractivity contribution >= 4 is 27.5 Å². The number of hydrogen-bond donors (Lipinski definition) is 3. The maximum Gasteiger partial charge on any atom is 0.252 e. The zero-order valence-corrected chi connectivity index (χ0v) is 14.9. The van der Waals surface area contributed by atoms with E-state index in [0.29, 0.717) is 19.6 Å². The van der Waals surface area contributed by atoms with Crippen molar-refractivity contribution in [2.45, 2.75) is 0 Å². The molecule has 5 nitrogen and oxygen atoms in total. The molecule has 0 radical (unpaired) electrons. The summed E-state index contributed by atoms with van der Waals surface area (Å²) < 4.78 is 0. The Morgan fingerprint density at radius 2 is 1.38 bits per heavy atom. The van der Waals surface area contributed by atoms with Gasteiger partial charge in [-0.2, -0.15) is 0 Å². The van der Waals surface area contributed by atoms with Crippen LogP contribution < -0.4 is 16.8 Å². The van der Waals surface area contributed by atoms with E-state index in [1.54, 1.807) is 0 Å². The van der Waals surface area contributed by atoms with Crippen molar-refractivity contribution in [3.05, 3.63) is 60.2 Å². The average Bonchev–Trinajstić information content (AvgIpc) is 2.66. The molecule has 3 rings (SSSR count). The molecule has 5 N–H and O–H groups in total. The molecule has 0 aliphatic rings. The molecule has 26 heavy (non-hydrogen) atoms. The van der Waals surface area contributed by atoms with Crippen molar-refractivity contribution in [2.24, 2.45) is 11.5 Å². The summed E-state index contributed by atoms with van der Waals surface area (Å²) in [7, 11) is 0. The van der Waals surface area contributed by atoms with Crippen LogP contribution in [0.5, 0.6) is 0 Å². The fraction of sp³-hybridized carbons (Fsp3) is 0.286. The van der Waals surface area contributed by atoms with Gasteiger partial charge in [0.2, 0.25) is 0 Å². The van der Waals surface area contributed by atoms with Crippen molar-refractivity contribution in [1.82, 2.24) is 10.2 Å². The van der Waals surface area contributed by atoms with E-state index in [1.807, 2.05) is 48.5 Å². The second kappa shape index (κ2) is 8.76. The molecule has 0 bridgehead atoms. The number of nitrogens with one attached hydrogen (secondary N) is 1. The fourth-order valence-corrected chi connectivity index (χ4v) is 3.37. The monoisotopic (exact) mass is 350 g/mol. The summed E-state index contributed by atoms with van der Waals surface area (Å²) in [6.45, 7) is 4.04. The number of fused-ring (bicyclic) bond motifs is 2. The predicted molar refractivity (Wildman–Crippen MR) is 108 cm³/mol. The van der Waals surface area contributed by atoms with Crippen LogP contribution in [0.15, 0.2) is 54.6 Å². The Morgan fingerprint density at radius 3 is 1.92 bits per heavy atom. The molecule has 136 valence electrons. The van der Waals surface area contributed by atoms with Crippen LogP contribution in [-0.2, 0) is 0 Å². The standard InChI is InChI=1S/C21H26N4O/c22-9-12-25(13-10-23)14-11-24-21(26)20-18-7-3-1-5-16(18)15-17-6-2-4-8-19(17)20/h1-8,15H,9-14,22-23H2,(H,24,26). The summed E-state index contributed by atoms with van der Waals surface area (Å²) in [4.78, 5) is 15.2. The van der Waals surface area contributed by atoms with Gasteiger partial charge in [0, 0.05) is 39.3 Å².